The van der Waals surface area contributed by atoms with E-state index in [9.17, 15) is 14.9 Å². The van der Waals surface area contributed by atoms with Gasteiger partial charge in [-0.1, -0.05) is 25.1 Å². The fourth-order valence-corrected chi connectivity index (χ4v) is 3.87. The summed E-state index contributed by atoms with van der Waals surface area (Å²) in [5.74, 6) is -1.18. The third kappa shape index (κ3) is 3.79. The van der Waals surface area contributed by atoms with Crippen molar-refractivity contribution in [3.63, 3.8) is 0 Å². The Morgan fingerprint density at radius 2 is 1.97 bits per heavy atom. The summed E-state index contributed by atoms with van der Waals surface area (Å²) in [5.41, 5.74) is 1.83. The number of hydrogen-bond acceptors (Lipinski definition) is 6. The molecule has 3 rings (SSSR count). The first-order valence-electron chi connectivity index (χ1n) is 9.62. The SMILES string of the molecule is CCc1nn(C)c2c1C(c1ccccc1[N+](=O)[O-])C(C(=O)OC(C)(C)C)C(C)=N2. The second kappa shape index (κ2) is 7.42. The first-order chi connectivity index (χ1) is 13.5. The number of fused-ring (bicyclic) bond motifs is 1. The Labute approximate surface area is 169 Å². The summed E-state index contributed by atoms with van der Waals surface area (Å²) in [6, 6.07) is 6.54. The average molecular weight is 398 g/mol. The molecular formula is C21H26N4O4. The molecule has 0 radical (unpaired) electrons. The molecule has 154 valence electrons. The number of nitro benzene ring substituents is 1. The minimum atomic E-state index is -0.766. The lowest BCUT2D eigenvalue weighted by Crippen LogP contribution is -2.37. The van der Waals surface area contributed by atoms with Gasteiger partial charge in [-0.2, -0.15) is 5.10 Å². The third-order valence-corrected chi connectivity index (χ3v) is 4.97. The molecule has 8 heteroatoms. The van der Waals surface area contributed by atoms with Crippen LogP contribution in [0.5, 0.6) is 0 Å². The molecule has 2 atom stereocenters. The summed E-state index contributed by atoms with van der Waals surface area (Å²) < 4.78 is 7.35. The van der Waals surface area contributed by atoms with Crippen molar-refractivity contribution in [3.8, 4) is 0 Å². The maximum absolute atomic E-state index is 13.2. The summed E-state index contributed by atoms with van der Waals surface area (Å²) in [4.78, 5) is 29.2. The minimum Gasteiger partial charge on any atom is -0.459 e. The van der Waals surface area contributed by atoms with Gasteiger partial charge in [-0.25, -0.2) is 4.99 Å². The maximum Gasteiger partial charge on any atom is 0.316 e. The zero-order chi connectivity index (χ0) is 21.5. The number of nitrogens with zero attached hydrogens (tertiary/aromatic N) is 4. The molecule has 0 bridgehead atoms. The van der Waals surface area contributed by atoms with E-state index in [4.69, 9.17) is 4.74 Å². The highest BCUT2D eigenvalue weighted by molar-refractivity contribution is 6.05. The van der Waals surface area contributed by atoms with Gasteiger partial charge < -0.3 is 4.74 Å². The summed E-state index contributed by atoms with van der Waals surface area (Å²) >= 11 is 0. The van der Waals surface area contributed by atoms with Crippen LogP contribution in [0.3, 0.4) is 0 Å². The number of para-hydroxylation sites is 1. The van der Waals surface area contributed by atoms with E-state index in [0.29, 0.717) is 23.5 Å². The molecule has 8 nitrogen and oxygen atoms in total. The molecule has 1 aliphatic rings. The van der Waals surface area contributed by atoms with E-state index in [1.165, 1.54) is 6.07 Å². The van der Waals surface area contributed by atoms with Gasteiger partial charge in [0.2, 0.25) is 0 Å². The zero-order valence-electron chi connectivity index (χ0n) is 17.6. The van der Waals surface area contributed by atoms with E-state index in [2.05, 4.69) is 10.1 Å². The van der Waals surface area contributed by atoms with E-state index in [0.717, 1.165) is 11.3 Å². The molecule has 1 aromatic carbocycles. The average Bonchev–Trinajstić information content (AvgIpc) is 2.94. The van der Waals surface area contributed by atoms with Crippen molar-refractivity contribution < 1.29 is 14.5 Å². The van der Waals surface area contributed by atoms with E-state index in [1.54, 1.807) is 57.6 Å². The van der Waals surface area contributed by atoms with Gasteiger partial charge in [0.1, 0.15) is 11.5 Å². The van der Waals surface area contributed by atoms with Crippen LogP contribution in [0.15, 0.2) is 29.3 Å². The van der Waals surface area contributed by atoms with Crippen LogP contribution < -0.4 is 0 Å². The second-order valence-corrected chi connectivity index (χ2v) is 8.22. The lowest BCUT2D eigenvalue weighted by Gasteiger charge is -2.32. The number of aryl methyl sites for hydroxylation is 2. The van der Waals surface area contributed by atoms with E-state index in [-0.39, 0.29) is 5.69 Å². The third-order valence-electron chi connectivity index (χ3n) is 4.97. The van der Waals surface area contributed by atoms with Crippen LogP contribution in [0.4, 0.5) is 11.5 Å². The van der Waals surface area contributed by atoms with E-state index in [1.807, 2.05) is 6.92 Å². The predicted octanol–water partition coefficient (Wildman–Crippen LogP) is 4.09. The smallest absolute Gasteiger partial charge is 0.316 e. The molecule has 0 fully saturated rings. The maximum atomic E-state index is 13.2. The Bertz CT molecular complexity index is 1000. The molecule has 2 unspecified atom stereocenters. The van der Waals surface area contributed by atoms with Crippen LogP contribution >= 0.6 is 0 Å². The van der Waals surface area contributed by atoms with Crippen molar-refractivity contribution in [2.75, 3.05) is 0 Å². The largest absolute Gasteiger partial charge is 0.459 e. The molecule has 0 saturated heterocycles. The number of hydrogen-bond donors (Lipinski definition) is 0. The van der Waals surface area contributed by atoms with Crippen molar-refractivity contribution in [2.45, 2.75) is 52.6 Å². The second-order valence-electron chi connectivity index (χ2n) is 8.22. The van der Waals surface area contributed by atoms with Gasteiger partial charge >= 0.3 is 5.97 Å². The van der Waals surface area contributed by atoms with E-state index < -0.39 is 28.3 Å². The van der Waals surface area contributed by atoms with Crippen molar-refractivity contribution in [3.05, 3.63) is 51.2 Å². The summed E-state index contributed by atoms with van der Waals surface area (Å²) in [5, 5.41) is 16.3. The van der Waals surface area contributed by atoms with Crippen LogP contribution in [0.1, 0.15) is 57.4 Å². The lowest BCUT2D eigenvalue weighted by atomic mass is 9.75. The summed E-state index contributed by atoms with van der Waals surface area (Å²) in [6.07, 6.45) is 0.621. The normalized spacial score (nSPS) is 18.8. The van der Waals surface area contributed by atoms with Crippen LogP contribution in [0.2, 0.25) is 0 Å². The molecule has 2 heterocycles. The van der Waals surface area contributed by atoms with Gasteiger partial charge in [0.15, 0.2) is 5.82 Å². The zero-order valence-corrected chi connectivity index (χ0v) is 17.6. The molecule has 29 heavy (non-hydrogen) atoms. The molecule has 0 saturated carbocycles. The number of rotatable bonds is 4. The molecular weight excluding hydrogens is 372 g/mol. The van der Waals surface area contributed by atoms with Gasteiger partial charge in [-0.05, 0) is 34.1 Å². The first-order valence-corrected chi connectivity index (χ1v) is 9.62. The molecule has 1 aliphatic heterocycles. The van der Waals surface area contributed by atoms with Gasteiger partial charge in [0.05, 0.1) is 10.6 Å². The van der Waals surface area contributed by atoms with Gasteiger partial charge in [0, 0.05) is 35.9 Å². The summed E-state index contributed by atoms with van der Waals surface area (Å²) in [7, 11) is 1.79. The molecule has 0 amide bonds. The fraction of sp³-hybridized carbons (Fsp3) is 0.476. The number of nitro groups is 1. The van der Waals surface area contributed by atoms with Crippen LogP contribution in [0.25, 0.3) is 0 Å². The molecule has 0 aliphatic carbocycles. The molecule has 2 aromatic rings. The first kappa shape index (κ1) is 20.7. The number of esters is 1. The summed E-state index contributed by atoms with van der Waals surface area (Å²) in [6.45, 7) is 9.12. The number of carbonyl (C=O) groups is 1. The highest BCUT2D eigenvalue weighted by Crippen LogP contribution is 2.47. The number of aromatic nitrogens is 2. The number of aliphatic imine (C=N–C) groups is 1. The number of carbonyl (C=O) groups excluding carboxylic acids is 1. The number of ether oxygens (including phenoxy) is 1. The Kier molecular flexibility index (Phi) is 5.30. The van der Waals surface area contributed by atoms with Crippen molar-refractivity contribution in [1.29, 1.82) is 0 Å². The predicted molar refractivity (Wildman–Crippen MR) is 110 cm³/mol. The Balaban J connectivity index is 2.29. The Morgan fingerprint density at radius 3 is 2.55 bits per heavy atom. The minimum absolute atomic E-state index is 0.0300. The highest BCUT2D eigenvalue weighted by Gasteiger charge is 2.44. The van der Waals surface area contributed by atoms with Crippen LogP contribution in [-0.4, -0.2) is 32.0 Å². The van der Waals surface area contributed by atoms with Gasteiger partial charge in [-0.15, -0.1) is 0 Å². The number of benzene rings is 1. The highest BCUT2D eigenvalue weighted by atomic mass is 16.6. The molecule has 1 aromatic heterocycles. The topological polar surface area (TPSA) is 99.6 Å². The molecule has 0 spiro atoms. The Morgan fingerprint density at radius 1 is 1.31 bits per heavy atom. The van der Waals surface area contributed by atoms with Gasteiger partial charge in [0.25, 0.3) is 5.69 Å². The molecule has 0 N–H and O–H groups in total. The fourth-order valence-electron chi connectivity index (χ4n) is 3.87. The van der Waals surface area contributed by atoms with E-state index >= 15 is 0 Å². The van der Waals surface area contributed by atoms with Crippen molar-refractivity contribution >= 4 is 23.2 Å². The quantitative estimate of drug-likeness (QED) is 0.439. The van der Waals surface area contributed by atoms with Crippen molar-refractivity contribution in [2.24, 2.45) is 18.0 Å². The Hall–Kier alpha value is -3.03. The van der Waals surface area contributed by atoms with Crippen LogP contribution in [0, 0.1) is 16.0 Å². The standard InChI is InChI=1S/C21H26N4O4/c1-7-14-18-17(13-10-8-9-11-15(13)25(27)28)16(20(26)29-21(3,4)5)12(2)22-19(18)24(6)23-14/h8-11,16-17H,7H2,1-6H3. The monoisotopic (exact) mass is 398 g/mol. The van der Waals surface area contributed by atoms with Crippen molar-refractivity contribution in [1.82, 2.24) is 9.78 Å². The van der Waals surface area contributed by atoms with Gasteiger partial charge in [-0.3, -0.25) is 19.6 Å². The lowest BCUT2D eigenvalue weighted by molar-refractivity contribution is -0.385. The van der Waals surface area contributed by atoms with Crippen LogP contribution in [-0.2, 0) is 23.0 Å².